The topological polar surface area (TPSA) is 51.2 Å². The fraction of sp³-hybridized carbons (Fsp3) is 0.875. The van der Waals surface area contributed by atoms with Crippen LogP contribution < -0.4 is 0 Å². The summed E-state index contributed by atoms with van der Waals surface area (Å²) >= 11 is 0. The minimum atomic E-state index is -4.96. The molecule has 1 atom stereocenters. The zero-order valence-corrected chi connectivity index (χ0v) is 9.07. The number of sulfone groups is 1. The Labute approximate surface area is 85.6 Å². The Morgan fingerprint density at radius 3 is 2.07 bits per heavy atom. The summed E-state index contributed by atoms with van der Waals surface area (Å²) in [7, 11) is -3.60. The monoisotopic (exact) mass is 244 g/mol. The van der Waals surface area contributed by atoms with Crippen LogP contribution in [0.5, 0.6) is 0 Å². The second-order valence-electron chi connectivity index (χ2n) is 4.13. The van der Waals surface area contributed by atoms with Gasteiger partial charge in [0.25, 0.3) is 0 Å². The van der Waals surface area contributed by atoms with E-state index in [1.807, 2.05) is 0 Å². The van der Waals surface area contributed by atoms with Crippen molar-refractivity contribution in [3.63, 3.8) is 0 Å². The lowest BCUT2D eigenvalue weighted by Gasteiger charge is -2.24. The van der Waals surface area contributed by atoms with Crippen LogP contribution in [0.4, 0.5) is 13.2 Å². The van der Waals surface area contributed by atoms with Gasteiger partial charge in [0.05, 0.1) is 10.5 Å². The van der Waals surface area contributed by atoms with Crippen molar-refractivity contribution in [1.29, 1.82) is 0 Å². The molecule has 0 aliphatic carbocycles. The van der Waals surface area contributed by atoms with E-state index < -0.39 is 32.5 Å². The summed E-state index contributed by atoms with van der Waals surface area (Å²) in [6.07, 6.45) is -5.20. The van der Waals surface area contributed by atoms with E-state index in [9.17, 15) is 26.4 Å². The average Bonchev–Trinajstić information content (AvgIpc) is 2.20. The molecule has 0 spiro atoms. The Bertz CT molecular complexity index is 380. The summed E-state index contributed by atoms with van der Waals surface area (Å²) in [4.78, 5) is 11.0. The van der Waals surface area contributed by atoms with Gasteiger partial charge in [-0.2, -0.15) is 13.2 Å². The Kier molecular flexibility index (Phi) is 2.66. The molecule has 0 saturated carbocycles. The van der Waals surface area contributed by atoms with Gasteiger partial charge in [-0.1, -0.05) is 0 Å². The number of hydrogen-bond donors (Lipinski definition) is 0. The van der Waals surface area contributed by atoms with Gasteiger partial charge in [-0.3, -0.25) is 4.79 Å². The number of carbonyl (C=O) groups excluding carboxylic acids is 1. The molecule has 1 aliphatic rings. The van der Waals surface area contributed by atoms with E-state index in [4.69, 9.17) is 0 Å². The molecule has 15 heavy (non-hydrogen) atoms. The Morgan fingerprint density at radius 2 is 1.80 bits per heavy atom. The van der Waals surface area contributed by atoms with Crippen molar-refractivity contribution in [2.45, 2.75) is 31.2 Å². The molecule has 3 nitrogen and oxygen atoms in total. The molecule has 0 N–H and O–H groups in total. The van der Waals surface area contributed by atoms with Crippen molar-refractivity contribution >= 4 is 15.6 Å². The molecular weight excluding hydrogens is 233 g/mol. The van der Waals surface area contributed by atoms with Crippen LogP contribution in [-0.2, 0) is 14.6 Å². The highest BCUT2D eigenvalue weighted by molar-refractivity contribution is 7.93. The maximum absolute atomic E-state index is 12.2. The molecule has 1 unspecified atom stereocenters. The first kappa shape index (κ1) is 12.5. The minimum absolute atomic E-state index is 0.242. The lowest BCUT2D eigenvalue weighted by molar-refractivity contribution is -0.176. The summed E-state index contributed by atoms with van der Waals surface area (Å²) in [5, 5.41) is 0. The van der Waals surface area contributed by atoms with Gasteiger partial charge in [0.1, 0.15) is 0 Å². The van der Waals surface area contributed by atoms with E-state index in [1.165, 1.54) is 13.8 Å². The summed E-state index contributed by atoms with van der Waals surface area (Å²) in [5.41, 5.74) is 0. The van der Waals surface area contributed by atoms with E-state index in [2.05, 4.69) is 0 Å². The third kappa shape index (κ3) is 1.89. The number of carbonyl (C=O) groups is 1. The van der Waals surface area contributed by atoms with Crippen LogP contribution in [0.15, 0.2) is 0 Å². The molecular formula is C8H11F3O3S. The van der Waals surface area contributed by atoms with Crippen molar-refractivity contribution in [2.24, 2.45) is 5.92 Å². The fourth-order valence-corrected chi connectivity index (χ4v) is 3.48. The standard InChI is InChI=1S/C8H11F3O3S/c1-7(2)5(3-4-15(7,13)14)6(12)8(9,10)11/h5H,3-4H2,1-2H3. The molecule has 0 aromatic carbocycles. The summed E-state index contributed by atoms with van der Waals surface area (Å²) < 4.78 is 57.7. The first-order chi connectivity index (χ1) is 6.50. The maximum atomic E-state index is 12.2. The van der Waals surface area contributed by atoms with Gasteiger partial charge >= 0.3 is 6.18 Å². The van der Waals surface area contributed by atoms with Crippen molar-refractivity contribution < 1.29 is 26.4 Å². The minimum Gasteiger partial charge on any atom is -0.289 e. The molecule has 0 radical (unpaired) electrons. The van der Waals surface area contributed by atoms with Crippen molar-refractivity contribution in [1.82, 2.24) is 0 Å². The molecule has 0 bridgehead atoms. The van der Waals surface area contributed by atoms with Crippen LogP contribution in [0.3, 0.4) is 0 Å². The first-order valence-corrected chi connectivity index (χ1v) is 5.99. The number of hydrogen-bond acceptors (Lipinski definition) is 3. The predicted octanol–water partition coefficient (Wildman–Crippen LogP) is 1.33. The van der Waals surface area contributed by atoms with Crippen molar-refractivity contribution in [2.75, 3.05) is 5.75 Å². The van der Waals surface area contributed by atoms with E-state index in [1.54, 1.807) is 0 Å². The third-order valence-electron chi connectivity index (χ3n) is 2.91. The van der Waals surface area contributed by atoms with Crippen LogP contribution in [0.1, 0.15) is 20.3 Å². The van der Waals surface area contributed by atoms with E-state index >= 15 is 0 Å². The van der Waals surface area contributed by atoms with Crippen LogP contribution in [0.2, 0.25) is 0 Å². The zero-order valence-electron chi connectivity index (χ0n) is 8.26. The number of halogens is 3. The lowest BCUT2D eigenvalue weighted by atomic mass is 9.88. The molecule has 0 aromatic rings. The Morgan fingerprint density at radius 1 is 1.33 bits per heavy atom. The molecule has 1 aliphatic heterocycles. The lowest BCUT2D eigenvalue weighted by Crippen LogP contribution is -2.42. The van der Waals surface area contributed by atoms with Gasteiger partial charge in [0, 0.05) is 5.92 Å². The van der Waals surface area contributed by atoms with Gasteiger partial charge in [-0.05, 0) is 20.3 Å². The number of ketones is 1. The molecule has 0 aromatic heterocycles. The van der Waals surface area contributed by atoms with Crippen molar-refractivity contribution in [3.8, 4) is 0 Å². The maximum Gasteiger partial charge on any atom is 0.450 e. The summed E-state index contributed by atoms with van der Waals surface area (Å²) in [5.74, 6) is -3.76. The molecule has 1 fully saturated rings. The van der Waals surface area contributed by atoms with Gasteiger partial charge in [0.15, 0.2) is 9.84 Å². The molecule has 7 heteroatoms. The quantitative estimate of drug-likeness (QED) is 0.699. The van der Waals surface area contributed by atoms with Gasteiger partial charge in [0.2, 0.25) is 5.78 Å². The first-order valence-electron chi connectivity index (χ1n) is 4.33. The third-order valence-corrected chi connectivity index (χ3v) is 5.57. The molecule has 1 heterocycles. The molecule has 1 saturated heterocycles. The highest BCUT2D eigenvalue weighted by Gasteiger charge is 2.57. The number of Topliss-reactive ketones (excluding diaryl/α,β-unsaturated/α-hetero) is 1. The van der Waals surface area contributed by atoms with Crippen LogP contribution in [0, 0.1) is 5.92 Å². The highest BCUT2D eigenvalue weighted by atomic mass is 32.2. The Hall–Kier alpha value is -0.590. The van der Waals surface area contributed by atoms with E-state index in [0.717, 1.165) is 0 Å². The normalized spacial score (nSPS) is 29.0. The van der Waals surface area contributed by atoms with E-state index in [-0.39, 0.29) is 12.2 Å². The SMILES string of the molecule is CC1(C)C(C(=O)C(F)(F)F)CCS1(=O)=O. The molecule has 0 amide bonds. The second-order valence-corrected chi connectivity index (χ2v) is 6.82. The molecule has 1 rings (SSSR count). The average molecular weight is 244 g/mol. The van der Waals surface area contributed by atoms with E-state index in [0.29, 0.717) is 0 Å². The van der Waals surface area contributed by atoms with Gasteiger partial charge in [-0.25, -0.2) is 8.42 Å². The number of rotatable bonds is 1. The highest BCUT2D eigenvalue weighted by Crippen LogP contribution is 2.40. The van der Waals surface area contributed by atoms with Gasteiger partial charge in [-0.15, -0.1) is 0 Å². The predicted molar refractivity (Wildman–Crippen MR) is 47.0 cm³/mol. The molecule has 88 valence electrons. The fourth-order valence-electron chi connectivity index (χ4n) is 1.74. The zero-order chi connectivity index (χ0) is 12.1. The van der Waals surface area contributed by atoms with Crippen LogP contribution in [0.25, 0.3) is 0 Å². The van der Waals surface area contributed by atoms with Crippen LogP contribution in [-0.4, -0.2) is 30.9 Å². The summed E-state index contributed by atoms with van der Waals surface area (Å²) in [6.45, 7) is 2.34. The smallest absolute Gasteiger partial charge is 0.289 e. The van der Waals surface area contributed by atoms with Crippen LogP contribution >= 0.6 is 0 Å². The number of alkyl halides is 3. The summed E-state index contributed by atoms with van der Waals surface area (Å²) in [6, 6.07) is 0. The second kappa shape index (κ2) is 3.20. The van der Waals surface area contributed by atoms with Gasteiger partial charge < -0.3 is 0 Å². The van der Waals surface area contributed by atoms with Crippen molar-refractivity contribution in [3.05, 3.63) is 0 Å². The Balaban J connectivity index is 3.08. The largest absolute Gasteiger partial charge is 0.450 e.